The Balaban J connectivity index is 0.000000198. The van der Waals surface area contributed by atoms with Gasteiger partial charge in [-0.3, -0.25) is 24.5 Å². The van der Waals surface area contributed by atoms with E-state index in [2.05, 4.69) is 30.8 Å². The summed E-state index contributed by atoms with van der Waals surface area (Å²) in [6.45, 7) is 9.04. The lowest BCUT2D eigenvalue weighted by molar-refractivity contribution is -0.133. The molecule has 1 aromatic heterocycles. The molecule has 4 fully saturated rings. The summed E-state index contributed by atoms with van der Waals surface area (Å²) in [6, 6.07) is 12.3. The summed E-state index contributed by atoms with van der Waals surface area (Å²) < 4.78 is 29.3. The van der Waals surface area contributed by atoms with Crippen LogP contribution in [0.2, 0.25) is 0 Å². The minimum Gasteiger partial charge on any atom is -0.374 e. The van der Waals surface area contributed by atoms with Crippen molar-refractivity contribution in [1.82, 2.24) is 25.1 Å². The highest BCUT2D eigenvalue weighted by molar-refractivity contribution is 6.01. The van der Waals surface area contributed by atoms with Crippen LogP contribution < -0.4 is 20.9 Å². The number of carbonyl (C=O) groups is 4. The van der Waals surface area contributed by atoms with Gasteiger partial charge in [-0.2, -0.15) is 0 Å². The minimum atomic E-state index is -0.510. The number of anilines is 3. The zero-order valence-electron chi connectivity index (χ0n) is 33.9. The molecule has 1 unspecified atom stereocenters. The predicted molar refractivity (Wildman–Crippen MR) is 221 cm³/mol. The van der Waals surface area contributed by atoms with E-state index in [0.29, 0.717) is 55.0 Å². The summed E-state index contributed by atoms with van der Waals surface area (Å²) in [4.78, 5) is 60.7. The number of likely N-dealkylation sites (tertiary alicyclic amines) is 2. The molecule has 312 valence electrons. The number of nitrogens with zero attached hydrogens (tertiary/aromatic N) is 5. The van der Waals surface area contributed by atoms with E-state index in [1.54, 1.807) is 4.90 Å². The van der Waals surface area contributed by atoms with Crippen molar-refractivity contribution >= 4 is 41.5 Å². The summed E-state index contributed by atoms with van der Waals surface area (Å²) in [7, 11) is 0. The van der Waals surface area contributed by atoms with Crippen molar-refractivity contribution in [3.05, 3.63) is 65.9 Å². The van der Waals surface area contributed by atoms with Crippen LogP contribution in [0, 0.1) is 17.6 Å². The lowest BCUT2D eigenvalue weighted by Gasteiger charge is -2.37. The zero-order valence-corrected chi connectivity index (χ0v) is 33.9. The number of rotatable bonds is 12. The molecule has 0 bridgehead atoms. The molecule has 14 heteroatoms. The van der Waals surface area contributed by atoms with Crippen LogP contribution in [-0.4, -0.2) is 95.3 Å². The second-order valence-corrected chi connectivity index (χ2v) is 16.0. The Morgan fingerprint density at radius 2 is 1.67 bits per heavy atom. The summed E-state index contributed by atoms with van der Waals surface area (Å²) in [5, 5.41) is 8.69. The van der Waals surface area contributed by atoms with Gasteiger partial charge in [0, 0.05) is 62.0 Å². The molecule has 12 nitrogen and oxygen atoms in total. The zero-order chi connectivity index (χ0) is 41.0. The maximum atomic E-state index is 14.8. The molecule has 58 heavy (non-hydrogen) atoms. The van der Waals surface area contributed by atoms with Gasteiger partial charge in [0.15, 0.2) is 5.82 Å². The molecule has 0 radical (unpaired) electrons. The third-order valence-corrected chi connectivity index (χ3v) is 12.0. The molecule has 3 saturated heterocycles. The van der Waals surface area contributed by atoms with Crippen molar-refractivity contribution in [3.8, 4) is 11.3 Å². The lowest BCUT2D eigenvalue weighted by Crippen LogP contribution is -2.47. The highest BCUT2D eigenvalue weighted by Gasteiger charge is 2.29. The van der Waals surface area contributed by atoms with E-state index in [9.17, 15) is 28.0 Å². The van der Waals surface area contributed by atoms with E-state index < -0.39 is 11.9 Å². The molecule has 7 rings (SSSR count). The second kappa shape index (κ2) is 20.6. The molecule has 4 heterocycles. The first kappa shape index (κ1) is 42.6. The van der Waals surface area contributed by atoms with Gasteiger partial charge in [-0.1, -0.05) is 44.4 Å². The Bertz CT molecular complexity index is 1880. The molecule has 4 amide bonds. The second-order valence-electron chi connectivity index (χ2n) is 16.0. The van der Waals surface area contributed by atoms with Crippen LogP contribution in [0.1, 0.15) is 102 Å². The minimum absolute atomic E-state index is 0.0393. The van der Waals surface area contributed by atoms with Gasteiger partial charge in [0.1, 0.15) is 17.6 Å². The fourth-order valence-electron chi connectivity index (χ4n) is 8.60. The maximum Gasteiger partial charge on any atom is 0.249 e. The standard InChI is InChI=1S/C23H31FN4O3.C21H27FN4O/c24-20-13-18(25-21-3-4-22(30)26-23(21)31)1-2-19(20)17-7-11-27(12-8-17)14-16-5-9-28(15-29)10-6-16;1-3-19(27)26(4-2)17-12-8-9-15(13-17)20-18(22)14-23-21(25-20)24-16-10-6-5-7-11-16/h1-2,13,15-17,21,25H,3-12,14H2,(H,26,30,31);8-9,12-14,16H,3-7,10-11H2,1-2H3,(H,23,24,25). The molecular formula is C44H58F2N8O4. The number of hydrogen-bond donors (Lipinski definition) is 3. The number of amides is 4. The number of nitrogens with one attached hydrogen (secondary N) is 3. The van der Waals surface area contributed by atoms with Gasteiger partial charge in [0.2, 0.25) is 30.1 Å². The first-order valence-electron chi connectivity index (χ1n) is 21.1. The normalized spacial score (nSPS) is 19.8. The maximum absolute atomic E-state index is 14.8. The number of piperidine rings is 3. The Kier molecular flexibility index (Phi) is 15.2. The largest absolute Gasteiger partial charge is 0.374 e. The van der Waals surface area contributed by atoms with Crippen molar-refractivity contribution in [3.63, 3.8) is 0 Å². The predicted octanol–water partition coefficient (Wildman–Crippen LogP) is 6.88. The average Bonchev–Trinajstić information content (AvgIpc) is 3.24. The number of imide groups is 1. The summed E-state index contributed by atoms with van der Waals surface area (Å²) >= 11 is 0. The van der Waals surface area contributed by atoms with Crippen molar-refractivity contribution in [1.29, 1.82) is 0 Å². The number of halogens is 2. The molecule has 1 saturated carbocycles. The Labute approximate surface area is 340 Å². The monoisotopic (exact) mass is 800 g/mol. The number of hydrogen-bond acceptors (Lipinski definition) is 9. The quantitative estimate of drug-likeness (QED) is 0.132. The van der Waals surface area contributed by atoms with Crippen LogP contribution in [0.5, 0.6) is 0 Å². The summed E-state index contributed by atoms with van der Waals surface area (Å²) in [5.74, 6) is 0.0218. The van der Waals surface area contributed by atoms with Gasteiger partial charge in [-0.15, -0.1) is 0 Å². The van der Waals surface area contributed by atoms with Crippen LogP contribution in [-0.2, 0) is 19.2 Å². The van der Waals surface area contributed by atoms with Gasteiger partial charge >= 0.3 is 0 Å². The molecular weight excluding hydrogens is 743 g/mol. The molecule has 1 atom stereocenters. The van der Waals surface area contributed by atoms with Crippen LogP contribution >= 0.6 is 0 Å². The van der Waals surface area contributed by atoms with Gasteiger partial charge < -0.3 is 25.3 Å². The third-order valence-electron chi connectivity index (χ3n) is 12.0. The van der Waals surface area contributed by atoms with Crippen LogP contribution in [0.25, 0.3) is 11.3 Å². The highest BCUT2D eigenvalue weighted by Crippen LogP contribution is 2.33. The molecule has 3 aliphatic heterocycles. The first-order chi connectivity index (χ1) is 28.1. The lowest BCUT2D eigenvalue weighted by atomic mass is 9.88. The average molecular weight is 801 g/mol. The van der Waals surface area contributed by atoms with Gasteiger partial charge in [-0.05, 0) is 107 Å². The van der Waals surface area contributed by atoms with Crippen LogP contribution in [0.4, 0.5) is 26.1 Å². The summed E-state index contributed by atoms with van der Waals surface area (Å²) in [5.41, 5.74) is 2.95. The van der Waals surface area contributed by atoms with Crippen molar-refractivity contribution < 1.29 is 28.0 Å². The summed E-state index contributed by atoms with van der Waals surface area (Å²) in [6.07, 6.45) is 13.2. The highest BCUT2D eigenvalue weighted by atomic mass is 19.1. The van der Waals surface area contributed by atoms with Crippen molar-refractivity contribution in [2.24, 2.45) is 5.92 Å². The number of aromatic nitrogens is 2. The molecule has 4 aliphatic rings. The van der Waals surface area contributed by atoms with Crippen LogP contribution in [0.15, 0.2) is 48.7 Å². The Hall–Kier alpha value is -4.98. The molecule has 3 aromatic rings. The van der Waals surface area contributed by atoms with Gasteiger partial charge in [-0.25, -0.2) is 18.7 Å². The fourth-order valence-corrected chi connectivity index (χ4v) is 8.60. The SMILES string of the molecule is CCC(=O)N(CC)c1cccc(-c2nc(NC3CCCCC3)ncc2F)c1.O=CN1CCC(CN2CCC(c3ccc(NC4CCC(=O)NC4=O)cc3F)CC2)CC1. The van der Waals surface area contributed by atoms with E-state index in [-0.39, 0.29) is 35.2 Å². The smallest absolute Gasteiger partial charge is 0.249 e. The van der Waals surface area contributed by atoms with E-state index in [1.807, 2.05) is 55.1 Å². The first-order valence-corrected chi connectivity index (χ1v) is 21.1. The van der Waals surface area contributed by atoms with E-state index in [4.69, 9.17) is 0 Å². The molecule has 1 aliphatic carbocycles. The third kappa shape index (κ3) is 11.4. The van der Waals surface area contributed by atoms with Gasteiger partial charge in [0.25, 0.3) is 0 Å². The fraction of sp³-hybridized carbons (Fsp3) is 0.545. The molecule has 3 N–H and O–H groups in total. The van der Waals surface area contributed by atoms with E-state index >= 15 is 0 Å². The molecule has 2 aromatic carbocycles. The Morgan fingerprint density at radius 3 is 2.34 bits per heavy atom. The van der Waals surface area contributed by atoms with E-state index in [0.717, 1.165) is 88.9 Å². The Morgan fingerprint density at radius 1 is 0.914 bits per heavy atom. The van der Waals surface area contributed by atoms with E-state index in [1.165, 1.54) is 31.5 Å². The van der Waals surface area contributed by atoms with Crippen LogP contribution in [0.3, 0.4) is 0 Å². The molecule has 0 spiro atoms. The van der Waals surface area contributed by atoms with Gasteiger partial charge in [0.05, 0.1) is 6.20 Å². The van der Waals surface area contributed by atoms with Crippen molar-refractivity contribution in [2.75, 3.05) is 54.8 Å². The topological polar surface area (TPSA) is 140 Å². The van der Waals surface area contributed by atoms with Crippen molar-refractivity contribution in [2.45, 2.75) is 109 Å². The number of carbonyl (C=O) groups excluding carboxylic acids is 4. The number of benzene rings is 2.